The highest BCUT2D eigenvalue weighted by Crippen LogP contribution is 2.21. The Hall–Kier alpha value is -2.32. The van der Waals surface area contributed by atoms with E-state index in [1.165, 1.54) is 23.9 Å². The van der Waals surface area contributed by atoms with Crippen molar-refractivity contribution in [1.29, 1.82) is 0 Å². The first-order valence-electron chi connectivity index (χ1n) is 8.71. The van der Waals surface area contributed by atoms with Gasteiger partial charge >= 0.3 is 0 Å². The summed E-state index contributed by atoms with van der Waals surface area (Å²) in [6.45, 7) is 1.96. The number of hydrogen-bond donors (Lipinski definition) is 1. The van der Waals surface area contributed by atoms with Gasteiger partial charge in [0.05, 0.1) is 11.5 Å². The van der Waals surface area contributed by atoms with E-state index in [2.05, 4.69) is 15.5 Å². The fraction of sp³-hybridized carbons (Fsp3) is 0.250. The minimum atomic E-state index is -0.227. The second-order valence-electron chi connectivity index (χ2n) is 6.23. The smallest absolute Gasteiger partial charge is 0.234 e. The third-order valence-electron chi connectivity index (χ3n) is 4.09. The van der Waals surface area contributed by atoms with Gasteiger partial charge in [-0.3, -0.25) is 4.79 Å². The van der Waals surface area contributed by atoms with Crippen molar-refractivity contribution in [3.05, 3.63) is 71.3 Å². The summed E-state index contributed by atoms with van der Waals surface area (Å²) < 4.78 is 14.8. The van der Waals surface area contributed by atoms with E-state index in [1.54, 1.807) is 23.9 Å². The van der Waals surface area contributed by atoms with Crippen molar-refractivity contribution < 1.29 is 9.18 Å². The highest BCUT2D eigenvalue weighted by atomic mass is 32.2. The van der Waals surface area contributed by atoms with Gasteiger partial charge in [-0.2, -0.15) is 0 Å². The number of aromatic nitrogens is 3. The van der Waals surface area contributed by atoms with Gasteiger partial charge < -0.3 is 9.88 Å². The lowest BCUT2D eigenvalue weighted by molar-refractivity contribution is -0.113. The number of para-hydroxylation sites is 1. The standard InChI is InChI=1S/C20H21FN4OS2/c1-14-5-3-4-6-17(14)22-19(26)13-28-20-24-23-18(25(20)2)12-27-11-15-7-9-16(21)10-8-15/h3-10H,11-13H2,1-2H3,(H,22,26). The summed E-state index contributed by atoms with van der Waals surface area (Å²) >= 11 is 3.05. The summed E-state index contributed by atoms with van der Waals surface area (Å²) in [5.74, 6) is 2.27. The molecule has 0 saturated carbocycles. The molecule has 1 aromatic heterocycles. The molecule has 0 aliphatic rings. The Kier molecular flexibility index (Phi) is 7.11. The summed E-state index contributed by atoms with van der Waals surface area (Å²) in [4.78, 5) is 12.2. The van der Waals surface area contributed by atoms with Gasteiger partial charge in [0.1, 0.15) is 11.6 Å². The average Bonchev–Trinajstić information content (AvgIpc) is 3.03. The van der Waals surface area contributed by atoms with Crippen molar-refractivity contribution in [3.8, 4) is 0 Å². The number of halogens is 1. The summed E-state index contributed by atoms with van der Waals surface area (Å²) in [5, 5.41) is 12.0. The number of carbonyl (C=O) groups excluding carboxylic acids is 1. The fourth-order valence-corrected chi connectivity index (χ4v) is 4.16. The Labute approximate surface area is 172 Å². The van der Waals surface area contributed by atoms with Crippen LogP contribution in [0.3, 0.4) is 0 Å². The first kappa shape index (κ1) is 20.4. The number of anilines is 1. The van der Waals surface area contributed by atoms with Crippen molar-refractivity contribution in [3.63, 3.8) is 0 Å². The van der Waals surface area contributed by atoms with Crippen molar-refractivity contribution >= 4 is 35.1 Å². The fourth-order valence-electron chi connectivity index (χ4n) is 2.47. The maximum absolute atomic E-state index is 12.9. The molecule has 1 heterocycles. The predicted molar refractivity (Wildman–Crippen MR) is 113 cm³/mol. The Balaban J connectivity index is 1.48. The second-order valence-corrected chi connectivity index (χ2v) is 8.16. The van der Waals surface area contributed by atoms with Crippen LogP contribution in [0.5, 0.6) is 0 Å². The lowest BCUT2D eigenvalue weighted by atomic mass is 10.2. The molecule has 0 saturated heterocycles. The van der Waals surface area contributed by atoms with Crippen LogP contribution >= 0.6 is 23.5 Å². The van der Waals surface area contributed by atoms with E-state index < -0.39 is 0 Å². The molecule has 0 aliphatic heterocycles. The van der Waals surface area contributed by atoms with Gasteiger partial charge in [-0.1, -0.05) is 42.1 Å². The lowest BCUT2D eigenvalue weighted by Crippen LogP contribution is -2.15. The molecule has 146 valence electrons. The number of benzene rings is 2. The molecule has 3 rings (SSSR count). The maximum atomic E-state index is 12.9. The molecule has 8 heteroatoms. The number of thioether (sulfide) groups is 2. The van der Waals surface area contributed by atoms with Crippen LogP contribution in [0.2, 0.25) is 0 Å². The quantitative estimate of drug-likeness (QED) is 0.551. The zero-order valence-corrected chi connectivity index (χ0v) is 17.3. The largest absolute Gasteiger partial charge is 0.325 e. The number of hydrogen-bond acceptors (Lipinski definition) is 5. The van der Waals surface area contributed by atoms with Crippen LogP contribution in [-0.4, -0.2) is 26.4 Å². The van der Waals surface area contributed by atoms with E-state index in [0.29, 0.717) is 10.9 Å². The number of nitrogens with zero attached hydrogens (tertiary/aromatic N) is 3. The van der Waals surface area contributed by atoms with Gasteiger partial charge in [-0.05, 0) is 36.2 Å². The van der Waals surface area contributed by atoms with Gasteiger partial charge in [0.2, 0.25) is 5.91 Å². The molecule has 0 radical (unpaired) electrons. The summed E-state index contributed by atoms with van der Waals surface area (Å²) in [6.07, 6.45) is 0. The first-order valence-corrected chi connectivity index (χ1v) is 10.9. The van der Waals surface area contributed by atoms with Gasteiger partial charge in [0, 0.05) is 18.5 Å². The molecule has 0 aliphatic carbocycles. The van der Waals surface area contributed by atoms with Crippen molar-refractivity contribution in [2.45, 2.75) is 23.6 Å². The van der Waals surface area contributed by atoms with E-state index >= 15 is 0 Å². The molecular weight excluding hydrogens is 395 g/mol. The molecule has 3 aromatic rings. The third kappa shape index (κ3) is 5.59. The minimum Gasteiger partial charge on any atom is -0.325 e. The Morgan fingerprint density at radius 3 is 2.61 bits per heavy atom. The topological polar surface area (TPSA) is 59.8 Å². The highest BCUT2D eigenvalue weighted by Gasteiger charge is 2.12. The maximum Gasteiger partial charge on any atom is 0.234 e. The summed E-state index contributed by atoms with van der Waals surface area (Å²) in [7, 11) is 1.90. The normalized spacial score (nSPS) is 10.8. The van der Waals surface area contributed by atoms with Gasteiger partial charge in [-0.25, -0.2) is 4.39 Å². The van der Waals surface area contributed by atoms with Gasteiger partial charge in [-0.15, -0.1) is 22.0 Å². The summed E-state index contributed by atoms with van der Waals surface area (Å²) in [6, 6.07) is 14.2. The summed E-state index contributed by atoms with van der Waals surface area (Å²) in [5.41, 5.74) is 2.92. The van der Waals surface area contributed by atoms with E-state index in [-0.39, 0.29) is 17.5 Å². The van der Waals surface area contributed by atoms with Crippen LogP contribution in [0.15, 0.2) is 53.7 Å². The molecular formula is C20H21FN4OS2. The number of nitrogens with one attached hydrogen (secondary N) is 1. The molecule has 28 heavy (non-hydrogen) atoms. The Morgan fingerprint density at radius 1 is 1.11 bits per heavy atom. The molecule has 0 bridgehead atoms. The molecule has 0 fully saturated rings. The van der Waals surface area contributed by atoms with Crippen LogP contribution < -0.4 is 5.32 Å². The van der Waals surface area contributed by atoms with E-state index in [0.717, 1.165) is 28.4 Å². The number of aryl methyl sites for hydroxylation is 1. The molecule has 0 unspecified atom stereocenters. The first-order chi connectivity index (χ1) is 13.5. The van der Waals surface area contributed by atoms with Gasteiger partial charge in [0.15, 0.2) is 5.16 Å². The lowest BCUT2D eigenvalue weighted by Gasteiger charge is -2.08. The molecule has 2 aromatic carbocycles. The molecule has 5 nitrogen and oxygen atoms in total. The zero-order valence-electron chi connectivity index (χ0n) is 15.7. The Bertz CT molecular complexity index is 944. The van der Waals surface area contributed by atoms with Crippen molar-refractivity contribution in [1.82, 2.24) is 14.8 Å². The molecule has 0 atom stereocenters. The monoisotopic (exact) mass is 416 g/mol. The third-order valence-corrected chi connectivity index (χ3v) is 6.11. The van der Waals surface area contributed by atoms with Crippen LogP contribution in [0, 0.1) is 12.7 Å². The van der Waals surface area contributed by atoms with Crippen LogP contribution in [0.4, 0.5) is 10.1 Å². The van der Waals surface area contributed by atoms with Crippen LogP contribution in [-0.2, 0) is 23.3 Å². The van der Waals surface area contributed by atoms with Gasteiger partial charge in [0.25, 0.3) is 0 Å². The van der Waals surface area contributed by atoms with E-state index in [4.69, 9.17) is 0 Å². The Morgan fingerprint density at radius 2 is 1.86 bits per heavy atom. The van der Waals surface area contributed by atoms with Crippen molar-refractivity contribution in [2.75, 3.05) is 11.1 Å². The average molecular weight is 417 g/mol. The molecule has 1 N–H and O–H groups in total. The number of rotatable bonds is 8. The zero-order chi connectivity index (χ0) is 19.9. The van der Waals surface area contributed by atoms with E-state index in [9.17, 15) is 9.18 Å². The van der Waals surface area contributed by atoms with Crippen molar-refractivity contribution in [2.24, 2.45) is 7.05 Å². The minimum absolute atomic E-state index is 0.0745. The van der Waals surface area contributed by atoms with Crippen LogP contribution in [0.1, 0.15) is 17.0 Å². The van der Waals surface area contributed by atoms with Crippen LogP contribution in [0.25, 0.3) is 0 Å². The number of carbonyl (C=O) groups is 1. The highest BCUT2D eigenvalue weighted by molar-refractivity contribution is 7.99. The SMILES string of the molecule is Cc1ccccc1NC(=O)CSc1nnc(CSCc2ccc(F)cc2)n1C. The number of amides is 1. The molecule has 1 amide bonds. The van der Waals surface area contributed by atoms with E-state index in [1.807, 2.05) is 42.8 Å². The second kappa shape index (κ2) is 9.75. The molecule has 0 spiro atoms. The predicted octanol–water partition coefficient (Wildman–Crippen LogP) is 4.43.